The maximum Gasteiger partial charge on any atom is 0.326 e. The molecular formula is C27H27N3O5S2. The van der Waals surface area contributed by atoms with Crippen molar-refractivity contribution < 1.29 is 19.1 Å². The Bertz CT molecular complexity index is 1430. The first-order valence-corrected chi connectivity index (χ1v) is 13.7. The summed E-state index contributed by atoms with van der Waals surface area (Å²) in [5.74, 6) is -2.28. The van der Waals surface area contributed by atoms with Crippen molar-refractivity contribution >= 4 is 52.3 Å². The van der Waals surface area contributed by atoms with E-state index < -0.39 is 23.1 Å². The van der Waals surface area contributed by atoms with Gasteiger partial charge in [-0.05, 0) is 43.7 Å². The second-order valence-corrected chi connectivity index (χ2v) is 11.4. The Kier molecular flexibility index (Phi) is 6.72. The lowest BCUT2D eigenvalue weighted by atomic mass is 9.83. The molecule has 0 bridgehead atoms. The molecule has 10 heteroatoms. The minimum Gasteiger partial charge on any atom is -0.465 e. The van der Waals surface area contributed by atoms with Gasteiger partial charge in [0, 0.05) is 30.6 Å². The zero-order valence-corrected chi connectivity index (χ0v) is 22.6. The molecular weight excluding hydrogens is 510 g/mol. The molecule has 0 N–H and O–H groups in total. The molecule has 0 radical (unpaired) electrons. The third-order valence-electron chi connectivity index (χ3n) is 6.70. The van der Waals surface area contributed by atoms with Crippen LogP contribution in [0.5, 0.6) is 0 Å². The molecule has 3 heterocycles. The van der Waals surface area contributed by atoms with Crippen LogP contribution < -0.4 is 14.7 Å². The molecule has 0 unspecified atom stereocenters. The average Bonchev–Trinajstić information content (AvgIpc) is 3.31. The Hall–Kier alpha value is -3.37. The van der Waals surface area contributed by atoms with Crippen LogP contribution in [0.2, 0.25) is 0 Å². The SMILES string of the molecule is CCOC(=O)Cn1c2c(sc1=O)[C@@H](c1ccc(N(C)C)cc1)[C@@H]1C(=O)N(c3ccc(C)cc3)C(=O)[C@@H]1S2. The summed E-state index contributed by atoms with van der Waals surface area (Å²) in [6.07, 6.45) is 0. The van der Waals surface area contributed by atoms with Crippen LogP contribution in [0.1, 0.15) is 28.8 Å². The molecule has 1 saturated heterocycles. The molecule has 3 atom stereocenters. The Morgan fingerprint density at radius 2 is 1.68 bits per heavy atom. The molecule has 1 aromatic heterocycles. The zero-order chi connectivity index (χ0) is 26.4. The van der Waals surface area contributed by atoms with Crippen LogP contribution in [0.15, 0.2) is 58.4 Å². The van der Waals surface area contributed by atoms with Gasteiger partial charge in [-0.3, -0.25) is 23.7 Å². The molecule has 0 saturated carbocycles. The maximum atomic E-state index is 13.9. The first-order valence-electron chi connectivity index (χ1n) is 12.0. The Balaban J connectivity index is 1.63. The molecule has 2 amide bonds. The van der Waals surface area contributed by atoms with Crippen molar-refractivity contribution in [1.82, 2.24) is 4.57 Å². The molecule has 2 aliphatic heterocycles. The van der Waals surface area contributed by atoms with Gasteiger partial charge in [0.05, 0.1) is 23.2 Å². The summed E-state index contributed by atoms with van der Waals surface area (Å²) >= 11 is 2.23. The monoisotopic (exact) mass is 537 g/mol. The molecule has 8 nitrogen and oxygen atoms in total. The van der Waals surface area contributed by atoms with Gasteiger partial charge in [0.25, 0.3) is 0 Å². The van der Waals surface area contributed by atoms with Gasteiger partial charge >= 0.3 is 10.8 Å². The van der Waals surface area contributed by atoms with E-state index in [4.69, 9.17) is 4.74 Å². The summed E-state index contributed by atoms with van der Waals surface area (Å²) in [6, 6.07) is 15.1. The van der Waals surface area contributed by atoms with E-state index in [0.29, 0.717) is 15.6 Å². The fourth-order valence-electron chi connectivity index (χ4n) is 4.88. The quantitative estimate of drug-likeness (QED) is 0.350. The number of fused-ring (bicyclic) bond motifs is 2. The van der Waals surface area contributed by atoms with Crippen LogP contribution in [-0.2, 0) is 25.7 Å². The molecule has 192 valence electrons. The number of thiazole rings is 1. The van der Waals surface area contributed by atoms with E-state index >= 15 is 0 Å². The number of aryl methyl sites for hydroxylation is 1. The lowest BCUT2D eigenvalue weighted by Gasteiger charge is -2.31. The highest BCUT2D eigenvalue weighted by Crippen LogP contribution is 2.54. The third-order valence-corrected chi connectivity index (χ3v) is 9.31. The highest BCUT2D eigenvalue weighted by Gasteiger charge is 2.56. The number of esters is 1. The van der Waals surface area contributed by atoms with Crippen LogP contribution in [0.4, 0.5) is 11.4 Å². The summed E-state index contributed by atoms with van der Waals surface area (Å²) in [7, 11) is 3.89. The lowest BCUT2D eigenvalue weighted by Crippen LogP contribution is -2.32. The first-order chi connectivity index (χ1) is 17.7. The number of aromatic nitrogens is 1. The molecule has 2 aromatic carbocycles. The first kappa shape index (κ1) is 25.3. The van der Waals surface area contributed by atoms with E-state index in [-0.39, 0.29) is 29.8 Å². The fourth-order valence-corrected chi connectivity index (χ4v) is 7.65. The van der Waals surface area contributed by atoms with Crippen molar-refractivity contribution in [2.45, 2.75) is 36.6 Å². The smallest absolute Gasteiger partial charge is 0.326 e. The van der Waals surface area contributed by atoms with Crippen molar-refractivity contribution in [2.75, 3.05) is 30.5 Å². The zero-order valence-electron chi connectivity index (χ0n) is 21.0. The number of carbonyl (C=O) groups is 3. The molecule has 3 aromatic rings. The summed E-state index contributed by atoms with van der Waals surface area (Å²) in [6.45, 7) is 3.62. The van der Waals surface area contributed by atoms with E-state index in [1.54, 1.807) is 19.1 Å². The number of anilines is 2. The third kappa shape index (κ3) is 4.38. The minimum atomic E-state index is -0.720. The highest BCUT2D eigenvalue weighted by atomic mass is 32.2. The highest BCUT2D eigenvalue weighted by molar-refractivity contribution is 8.00. The van der Waals surface area contributed by atoms with Crippen molar-refractivity contribution in [3.63, 3.8) is 0 Å². The van der Waals surface area contributed by atoms with Gasteiger partial charge in [-0.1, -0.05) is 52.9 Å². The average molecular weight is 538 g/mol. The maximum absolute atomic E-state index is 13.9. The van der Waals surface area contributed by atoms with E-state index in [1.165, 1.54) is 21.2 Å². The Labute approximate surface area is 222 Å². The van der Waals surface area contributed by atoms with Crippen LogP contribution in [0.3, 0.4) is 0 Å². The topological polar surface area (TPSA) is 88.9 Å². The number of amides is 2. The molecule has 0 spiro atoms. The fraction of sp³-hybridized carbons (Fsp3) is 0.333. The van der Waals surface area contributed by atoms with E-state index in [9.17, 15) is 19.2 Å². The number of ether oxygens (including phenoxy) is 1. The number of nitrogens with zero attached hydrogens (tertiary/aromatic N) is 3. The van der Waals surface area contributed by atoms with E-state index in [0.717, 1.165) is 28.2 Å². The van der Waals surface area contributed by atoms with Crippen molar-refractivity contribution in [3.8, 4) is 0 Å². The van der Waals surface area contributed by atoms with Gasteiger partial charge in [0.2, 0.25) is 11.8 Å². The lowest BCUT2D eigenvalue weighted by molar-refractivity contribution is -0.144. The van der Waals surface area contributed by atoms with Crippen LogP contribution in [-0.4, -0.2) is 48.3 Å². The number of benzene rings is 2. The number of rotatable bonds is 6. The van der Waals surface area contributed by atoms with Gasteiger partial charge in [0.1, 0.15) is 11.8 Å². The molecule has 37 heavy (non-hydrogen) atoms. The number of imide groups is 1. The largest absolute Gasteiger partial charge is 0.465 e. The normalized spacial score (nSPS) is 20.5. The van der Waals surface area contributed by atoms with Crippen molar-refractivity contribution in [2.24, 2.45) is 5.92 Å². The molecule has 1 fully saturated rings. The van der Waals surface area contributed by atoms with Gasteiger partial charge in [-0.15, -0.1) is 0 Å². The van der Waals surface area contributed by atoms with Crippen molar-refractivity contribution in [3.05, 3.63) is 74.2 Å². The minimum absolute atomic E-state index is 0.205. The standard InChI is InChI=1S/C27H27N3O5S2/c1-5-35-19(31)14-29-26-23(37-27(29)34)20(16-8-12-17(13-9-16)28(3)4)21-22(36-26)25(33)30(24(21)32)18-10-6-15(2)7-11-18/h6-13,20-22H,5,14H2,1-4H3/t20-,21-,22+/m0/s1. The molecule has 2 aliphatic rings. The van der Waals surface area contributed by atoms with Gasteiger partial charge in [-0.2, -0.15) is 0 Å². The Morgan fingerprint density at radius 1 is 1.00 bits per heavy atom. The summed E-state index contributed by atoms with van der Waals surface area (Å²) < 4.78 is 6.46. The van der Waals surface area contributed by atoms with Gasteiger partial charge in [-0.25, -0.2) is 4.90 Å². The number of hydrogen-bond acceptors (Lipinski definition) is 8. The molecule has 5 rings (SSSR count). The molecule has 0 aliphatic carbocycles. The van der Waals surface area contributed by atoms with E-state index in [1.807, 2.05) is 62.3 Å². The summed E-state index contributed by atoms with van der Waals surface area (Å²) in [5.41, 5.74) is 3.40. The predicted octanol–water partition coefficient (Wildman–Crippen LogP) is 3.64. The van der Waals surface area contributed by atoms with Crippen LogP contribution in [0.25, 0.3) is 0 Å². The summed E-state index contributed by atoms with van der Waals surface area (Å²) in [4.78, 5) is 56.6. The van der Waals surface area contributed by atoms with Crippen LogP contribution >= 0.6 is 23.1 Å². The van der Waals surface area contributed by atoms with Crippen LogP contribution in [0, 0.1) is 12.8 Å². The second-order valence-electron chi connectivity index (χ2n) is 9.30. The second kappa shape index (κ2) is 9.83. The van der Waals surface area contributed by atoms with Crippen molar-refractivity contribution in [1.29, 1.82) is 0 Å². The number of thioether (sulfide) groups is 1. The summed E-state index contributed by atoms with van der Waals surface area (Å²) in [5, 5.41) is -0.167. The Morgan fingerprint density at radius 3 is 2.30 bits per heavy atom. The van der Waals surface area contributed by atoms with Gasteiger partial charge < -0.3 is 9.64 Å². The number of hydrogen-bond donors (Lipinski definition) is 0. The number of carbonyl (C=O) groups excluding carboxylic acids is 3. The predicted molar refractivity (Wildman–Crippen MR) is 145 cm³/mol. The van der Waals surface area contributed by atoms with E-state index in [2.05, 4.69) is 0 Å². The van der Waals surface area contributed by atoms with Gasteiger partial charge in [0.15, 0.2) is 0 Å².